The Hall–Kier alpha value is -0.410. The Kier molecular flexibility index (Phi) is 2.56. The van der Waals surface area contributed by atoms with Crippen molar-refractivity contribution < 1.29 is 14.3 Å². The minimum atomic E-state index is -0.567. The van der Waals surface area contributed by atoms with Crippen LogP contribution in [0.25, 0.3) is 0 Å². The first kappa shape index (κ1) is 13.3. The Balaban J connectivity index is 1.79. The fraction of sp³-hybridized carbons (Fsp3) is 0.941. The maximum absolute atomic E-state index is 12.8. The molecular weight excluding hydrogens is 252 g/mol. The first-order chi connectivity index (χ1) is 9.44. The monoisotopic (exact) mass is 278 g/mol. The summed E-state index contributed by atoms with van der Waals surface area (Å²) in [6.45, 7) is 9.57. The molecule has 1 heterocycles. The molecule has 0 radical (unpaired) electrons. The van der Waals surface area contributed by atoms with Crippen LogP contribution in [0, 0.1) is 35.0 Å². The molecule has 3 saturated carbocycles. The number of rotatable bonds is 3. The zero-order valence-corrected chi connectivity index (χ0v) is 13.0. The van der Waals surface area contributed by atoms with Crippen LogP contribution >= 0.6 is 0 Å². The van der Waals surface area contributed by atoms with E-state index in [1.54, 1.807) is 0 Å². The third-order valence-electron chi connectivity index (χ3n) is 6.90. The molecule has 0 amide bonds. The summed E-state index contributed by atoms with van der Waals surface area (Å²) in [5.41, 5.74) is 0.176. The standard InChI is InChI=1S/C17H26O3/c1-5-19-17-8-11-14(18)12(17)13-15(20-17)10(9(2)3)6-7-16(11,13)4/h9-13,15H,5-8H2,1-4H3/t10-,11+,12+,13+,15+,16+,17-/m0/s1. The molecule has 20 heavy (non-hydrogen) atoms. The van der Waals surface area contributed by atoms with E-state index in [0.29, 0.717) is 30.1 Å². The molecule has 1 saturated heterocycles. The lowest BCUT2D eigenvalue weighted by atomic mass is 9.56. The molecule has 3 nitrogen and oxygen atoms in total. The maximum atomic E-state index is 12.8. The number of hydrogen-bond donors (Lipinski definition) is 0. The lowest BCUT2D eigenvalue weighted by molar-refractivity contribution is -0.241. The molecule has 4 rings (SSSR count). The topological polar surface area (TPSA) is 35.5 Å². The van der Waals surface area contributed by atoms with Crippen LogP contribution in [0.2, 0.25) is 0 Å². The highest BCUT2D eigenvalue weighted by Crippen LogP contribution is 2.72. The molecule has 7 atom stereocenters. The van der Waals surface area contributed by atoms with E-state index in [2.05, 4.69) is 20.8 Å². The minimum Gasteiger partial charge on any atom is -0.349 e. The second-order valence-corrected chi connectivity index (χ2v) is 7.94. The first-order valence-electron chi connectivity index (χ1n) is 8.30. The van der Waals surface area contributed by atoms with E-state index >= 15 is 0 Å². The van der Waals surface area contributed by atoms with Gasteiger partial charge in [-0.1, -0.05) is 20.8 Å². The van der Waals surface area contributed by atoms with Gasteiger partial charge in [0, 0.05) is 24.9 Å². The second-order valence-electron chi connectivity index (χ2n) is 7.94. The van der Waals surface area contributed by atoms with Crippen molar-refractivity contribution in [2.75, 3.05) is 6.61 Å². The van der Waals surface area contributed by atoms with Crippen LogP contribution in [-0.4, -0.2) is 24.3 Å². The smallest absolute Gasteiger partial charge is 0.179 e. The number of ketones is 1. The van der Waals surface area contributed by atoms with E-state index in [-0.39, 0.29) is 23.4 Å². The van der Waals surface area contributed by atoms with Crippen molar-refractivity contribution >= 4 is 5.78 Å². The van der Waals surface area contributed by atoms with E-state index in [9.17, 15) is 4.79 Å². The van der Waals surface area contributed by atoms with Crippen molar-refractivity contribution in [1.82, 2.24) is 0 Å². The normalized spacial score (nSPS) is 56.0. The molecule has 0 unspecified atom stereocenters. The number of carbonyl (C=O) groups is 1. The summed E-state index contributed by atoms with van der Waals surface area (Å²) in [5, 5.41) is 0. The summed E-state index contributed by atoms with van der Waals surface area (Å²) in [5.74, 6) is 1.69. The molecule has 0 spiro atoms. The van der Waals surface area contributed by atoms with Crippen molar-refractivity contribution in [2.24, 2.45) is 35.0 Å². The maximum Gasteiger partial charge on any atom is 0.179 e. The van der Waals surface area contributed by atoms with Crippen LogP contribution in [0.15, 0.2) is 0 Å². The van der Waals surface area contributed by atoms with Crippen molar-refractivity contribution in [3.8, 4) is 0 Å². The van der Waals surface area contributed by atoms with E-state index in [0.717, 1.165) is 6.42 Å². The summed E-state index contributed by atoms with van der Waals surface area (Å²) in [6.07, 6.45) is 3.43. The minimum absolute atomic E-state index is 0.0176. The average Bonchev–Trinajstić information content (AvgIpc) is 2.90. The Morgan fingerprint density at radius 2 is 2.20 bits per heavy atom. The molecule has 0 aromatic heterocycles. The zero-order valence-electron chi connectivity index (χ0n) is 13.0. The Bertz CT molecular complexity index is 459. The molecule has 0 aromatic carbocycles. The highest BCUT2D eigenvalue weighted by Gasteiger charge is 2.79. The second kappa shape index (κ2) is 3.86. The van der Waals surface area contributed by atoms with Crippen LogP contribution < -0.4 is 0 Å². The summed E-state index contributed by atoms with van der Waals surface area (Å²) in [4.78, 5) is 12.8. The predicted molar refractivity (Wildman–Crippen MR) is 75.0 cm³/mol. The molecule has 4 aliphatic rings. The summed E-state index contributed by atoms with van der Waals surface area (Å²) in [6, 6.07) is 0. The number of ether oxygens (including phenoxy) is 2. The van der Waals surface area contributed by atoms with Crippen molar-refractivity contribution in [3.63, 3.8) is 0 Å². The molecule has 0 N–H and O–H groups in total. The molecular formula is C17H26O3. The van der Waals surface area contributed by atoms with E-state index in [1.165, 1.54) is 12.8 Å². The fourth-order valence-electron chi connectivity index (χ4n) is 6.03. The lowest BCUT2D eigenvalue weighted by Gasteiger charge is -2.46. The van der Waals surface area contributed by atoms with Crippen LogP contribution in [0.3, 0.4) is 0 Å². The highest BCUT2D eigenvalue weighted by atomic mass is 16.7. The van der Waals surface area contributed by atoms with Crippen molar-refractivity contribution in [2.45, 2.75) is 58.8 Å². The predicted octanol–water partition coefficient (Wildman–Crippen LogP) is 3.03. The summed E-state index contributed by atoms with van der Waals surface area (Å²) < 4.78 is 12.5. The fourth-order valence-corrected chi connectivity index (χ4v) is 6.03. The summed E-state index contributed by atoms with van der Waals surface area (Å²) >= 11 is 0. The van der Waals surface area contributed by atoms with Gasteiger partial charge in [0.2, 0.25) is 0 Å². The largest absolute Gasteiger partial charge is 0.349 e. The molecule has 1 aliphatic heterocycles. The molecule has 112 valence electrons. The highest BCUT2D eigenvalue weighted by molar-refractivity contribution is 5.91. The van der Waals surface area contributed by atoms with Gasteiger partial charge in [-0.25, -0.2) is 0 Å². The van der Waals surface area contributed by atoms with Gasteiger partial charge < -0.3 is 9.47 Å². The van der Waals surface area contributed by atoms with Gasteiger partial charge in [0.15, 0.2) is 5.79 Å². The van der Waals surface area contributed by atoms with Crippen LogP contribution in [0.4, 0.5) is 0 Å². The lowest BCUT2D eigenvalue weighted by Crippen LogP contribution is -2.47. The number of fused-ring (bicyclic) bond motifs is 2. The Morgan fingerprint density at radius 3 is 2.85 bits per heavy atom. The molecule has 3 aliphatic carbocycles. The van der Waals surface area contributed by atoms with Gasteiger partial charge >= 0.3 is 0 Å². The summed E-state index contributed by atoms with van der Waals surface area (Å²) in [7, 11) is 0. The van der Waals surface area contributed by atoms with Gasteiger partial charge in [0.25, 0.3) is 0 Å². The third kappa shape index (κ3) is 1.28. The molecule has 3 heteroatoms. The molecule has 4 fully saturated rings. The van der Waals surface area contributed by atoms with Crippen LogP contribution in [-0.2, 0) is 14.3 Å². The Labute approximate surface area is 121 Å². The average molecular weight is 278 g/mol. The van der Waals surface area contributed by atoms with Gasteiger partial charge in [-0.15, -0.1) is 0 Å². The zero-order chi connectivity index (χ0) is 14.3. The first-order valence-corrected chi connectivity index (χ1v) is 8.30. The van der Waals surface area contributed by atoms with Crippen LogP contribution in [0.1, 0.15) is 47.0 Å². The van der Waals surface area contributed by atoms with Gasteiger partial charge in [0.1, 0.15) is 5.78 Å². The molecule has 2 bridgehead atoms. The number of hydrogen-bond acceptors (Lipinski definition) is 3. The van der Waals surface area contributed by atoms with E-state index in [4.69, 9.17) is 9.47 Å². The van der Waals surface area contributed by atoms with E-state index < -0.39 is 5.79 Å². The van der Waals surface area contributed by atoms with Crippen LogP contribution in [0.5, 0.6) is 0 Å². The number of Topliss-reactive ketones (excluding diaryl/α,β-unsaturated/α-hetero) is 1. The van der Waals surface area contributed by atoms with E-state index in [1.807, 2.05) is 6.92 Å². The third-order valence-corrected chi connectivity index (χ3v) is 6.90. The SMILES string of the molecule is CCO[C@]12C[C@@H]3C(=O)[C@H]1[C@@H]1[C@H](O2)[C@H](C(C)C)CC[C@@]13C. The Morgan fingerprint density at radius 1 is 1.45 bits per heavy atom. The number of carbonyl (C=O) groups excluding carboxylic acids is 1. The quantitative estimate of drug-likeness (QED) is 0.796. The van der Waals surface area contributed by atoms with Gasteiger partial charge in [-0.05, 0) is 37.0 Å². The van der Waals surface area contributed by atoms with Crippen molar-refractivity contribution in [1.29, 1.82) is 0 Å². The molecule has 0 aromatic rings. The van der Waals surface area contributed by atoms with Gasteiger partial charge in [0.05, 0.1) is 12.0 Å². The van der Waals surface area contributed by atoms with Gasteiger partial charge in [-0.3, -0.25) is 4.79 Å². The van der Waals surface area contributed by atoms with Gasteiger partial charge in [-0.2, -0.15) is 0 Å². The van der Waals surface area contributed by atoms with Crippen molar-refractivity contribution in [3.05, 3.63) is 0 Å².